The molecule has 2 aliphatic heterocycles. The summed E-state index contributed by atoms with van der Waals surface area (Å²) in [7, 11) is 0. The number of nitrogens with zero attached hydrogens (tertiary/aromatic N) is 4. The lowest BCUT2D eigenvalue weighted by molar-refractivity contribution is 0.114. The minimum absolute atomic E-state index is 0. The SMILES string of the molecule is CCNC(=NCc1nnc2n1CCCCC2)NCC1CCCO1.I. The van der Waals surface area contributed by atoms with Crippen molar-refractivity contribution in [3.8, 4) is 0 Å². The number of rotatable bonds is 5. The Kier molecular flexibility index (Phi) is 8.23. The number of aromatic nitrogens is 3. The highest BCUT2D eigenvalue weighted by molar-refractivity contribution is 14.0. The van der Waals surface area contributed by atoms with E-state index in [4.69, 9.17) is 4.74 Å². The second-order valence-electron chi connectivity index (χ2n) is 6.21. The lowest BCUT2D eigenvalue weighted by Gasteiger charge is -2.14. The number of fused-ring (bicyclic) bond motifs is 1. The number of ether oxygens (including phenoxy) is 1. The summed E-state index contributed by atoms with van der Waals surface area (Å²) < 4.78 is 7.90. The Hall–Kier alpha value is -0.900. The molecule has 3 heterocycles. The Morgan fingerprint density at radius 2 is 2.17 bits per heavy atom. The molecule has 0 aliphatic carbocycles. The average Bonchev–Trinajstić information content (AvgIpc) is 3.15. The van der Waals surface area contributed by atoms with Crippen LogP contribution < -0.4 is 10.6 Å². The van der Waals surface area contributed by atoms with Crippen LogP contribution >= 0.6 is 24.0 Å². The summed E-state index contributed by atoms with van der Waals surface area (Å²) >= 11 is 0. The monoisotopic (exact) mass is 448 g/mol. The zero-order valence-electron chi connectivity index (χ0n) is 14.5. The van der Waals surface area contributed by atoms with Gasteiger partial charge in [0.25, 0.3) is 0 Å². The molecule has 3 rings (SSSR count). The Bertz CT molecular complexity index is 527. The highest BCUT2D eigenvalue weighted by Gasteiger charge is 2.16. The van der Waals surface area contributed by atoms with E-state index in [2.05, 4.69) is 37.3 Å². The molecule has 1 aromatic heterocycles. The number of hydrogen-bond acceptors (Lipinski definition) is 4. The zero-order valence-corrected chi connectivity index (χ0v) is 16.8. The Morgan fingerprint density at radius 3 is 2.96 bits per heavy atom. The van der Waals surface area contributed by atoms with E-state index in [1.54, 1.807) is 0 Å². The summed E-state index contributed by atoms with van der Waals surface area (Å²) in [5.74, 6) is 2.91. The summed E-state index contributed by atoms with van der Waals surface area (Å²) in [6.07, 6.45) is 7.33. The Labute approximate surface area is 161 Å². The molecule has 0 amide bonds. The van der Waals surface area contributed by atoms with E-state index < -0.39 is 0 Å². The van der Waals surface area contributed by atoms with Crippen LogP contribution in [0.3, 0.4) is 0 Å². The molecule has 0 radical (unpaired) electrons. The molecular formula is C16H29IN6O. The fraction of sp³-hybridized carbons (Fsp3) is 0.812. The maximum absolute atomic E-state index is 5.65. The zero-order chi connectivity index (χ0) is 15.9. The molecule has 0 saturated carbocycles. The second-order valence-corrected chi connectivity index (χ2v) is 6.21. The van der Waals surface area contributed by atoms with Gasteiger partial charge in [-0.05, 0) is 32.6 Å². The number of aryl methyl sites for hydroxylation is 1. The molecule has 1 aromatic rings. The quantitative estimate of drug-likeness (QED) is 0.409. The maximum atomic E-state index is 5.65. The minimum atomic E-state index is 0. The number of halogens is 1. The van der Waals surface area contributed by atoms with Crippen molar-refractivity contribution in [1.29, 1.82) is 0 Å². The van der Waals surface area contributed by atoms with Crippen LogP contribution in [0.15, 0.2) is 4.99 Å². The topological polar surface area (TPSA) is 76.4 Å². The highest BCUT2D eigenvalue weighted by Crippen LogP contribution is 2.15. The molecule has 0 spiro atoms. The molecule has 0 bridgehead atoms. The summed E-state index contributed by atoms with van der Waals surface area (Å²) in [5, 5.41) is 15.3. The van der Waals surface area contributed by atoms with Gasteiger partial charge in [-0.25, -0.2) is 4.99 Å². The smallest absolute Gasteiger partial charge is 0.191 e. The summed E-state index contributed by atoms with van der Waals surface area (Å²) in [6.45, 7) is 6.19. The third kappa shape index (κ3) is 5.30. The van der Waals surface area contributed by atoms with Crippen LogP contribution in [-0.4, -0.2) is 46.5 Å². The number of nitrogens with one attached hydrogen (secondary N) is 2. The first kappa shape index (κ1) is 19.4. The standard InChI is InChI=1S/C16H28N6O.HI/c1-2-17-16(18-11-13-7-6-10-23-13)19-12-15-21-20-14-8-4-3-5-9-22(14)15;/h13H,2-12H2,1H3,(H2,17,18,19);1H. The Morgan fingerprint density at radius 1 is 1.25 bits per heavy atom. The molecule has 7 nitrogen and oxygen atoms in total. The minimum Gasteiger partial charge on any atom is -0.376 e. The van der Waals surface area contributed by atoms with Crippen LogP contribution in [0.1, 0.15) is 50.7 Å². The van der Waals surface area contributed by atoms with Crippen molar-refractivity contribution in [2.75, 3.05) is 19.7 Å². The summed E-state index contributed by atoms with van der Waals surface area (Å²) in [4.78, 5) is 4.67. The second kappa shape index (κ2) is 10.2. The number of hydrogen-bond donors (Lipinski definition) is 2. The molecule has 1 fully saturated rings. The van der Waals surface area contributed by atoms with Gasteiger partial charge in [-0.15, -0.1) is 34.2 Å². The van der Waals surface area contributed by atoms with Gasteiger partial charge in [-0.1, -0.05) is 6.42 Å². The fourth-order valence-corrected chi connectivity index (χ4v) is 3.17. The van der Waals surface area contributed by atoms with E-state index in [0.29, 0.717) is 12.6 Å². The maximum Gasteiger partial charge on any atom is 0.191 e. The van der Waals surface area contributed by atoms with Crippen molar-refractivity contribution in [3.63, 3.8) is 0 Å². The molecule has 1 atom stereocenters. The molecule has 2 aliphatic rings. The van der Waals surface area contributed by atoms with Crippen LogP contribution in [0.5, 0.6) is 0 Å². The first-order valence-electron chi connectivity index (χ1n) is 8.91. The first-order valence-corrected chi connectivity index (χ1v) is 8.91. The largest absolute Gasteiger partial charge is 0.376 e. The molecule has 1 unspecified atom stereocenters. The van der Waals surface area contributed by atoms with Crippen molar-refractivity contribution in [2.45, 2.75) is 64.6 Å². The third-order valence-corrected chi connectivity index (χ3v) is 4.43. The van der Waals surface area contributed by atoms with Crippen LogP contribution in [0, 0.1) is 0 Å². The van der Waals surface area contributed by atoms with Crippen molar-refractivity contribution < 1.29 is 4.74 Å². The predicted octanol–water partition coefficient (Wildman–Crippen LogP) is 1.86. The van der Waals surface area contributed by atoms with E-state index in [1.165, 1.54) is 19.3 Å². The van der Waals surface area contributed by atoms with E-state index in [9.17, 15) is 0 Å². The molecule has 8 heteroatoms. The fourth-order valence-electron chi connectivity index (χ4n) is 3.17. The molecule has 136 valence electrons. The van der Waals surface area contributed by atoms with Crippen LogP contribution in [0.2, 0.25) is 0 Å². The normalized spacial score (nSPS) is 20.9. The molecular weight excluding hydrogens is 419 g/mol. The first-order chi connectivity index (χ1) is 11.4. The summed E-state index contributed by atoms with van der Waals surface area (Å²) in [5.41, 5.74) is 0. The highest BCUT2D eigenvalue weighted by atomic mass is 127. The van der Waals surface area contributed by atoms with Crippen molar-refractivity contribution >= 4 is 29.9 Å². The molecule has 2 N–H and O–H groups in total. The van der Waals surface area contributed by atoms with E-state index >= 15 is 0 Å². The van der Waals surface area contributed by atoms with E-state index in [0.717, 1.165) is 63.1 Å². The van der Waals surface area contributed by atoms with Crippen LogP contribution in [0.4, 0.5) is 0 Å². The van der Waals surface area contributed by atoms with Crippen molar-refractivity contribution in [1.82, 2.24) is 25.4 Å². The van der Waals surface area contributed by atoms with Crippen molar-refractivity contribution in [3.05, 3.63) is 11.6 Å². The van der Waals surface area contributed by atoms with E-state index in [-0.39, 0.29) is 24.0 Å². The lowest BCUT2D eigenvalue weighted by atomic mass is 10.2. The van der Waals surface area contributed by atoms with Gasteiger partial charge in [0, 0.05) is 32.7 Å². The summed E-state index contributed by atoms with van der Waals surface area (Å²) in [6, 6.07) is 0. The average molecular weight is 448 g/mol. The van der Waals surface area contributed by atoms with Gasteiger partial charge >= 0.3 is 0 Å². The third-order valence-electron chi connectivity index (χ3n) is 4.43. The van der Waals surface area contributed by atoms with Gasteiger partial charge in [0.15, 0.2) is 11.8 Å². The van der Waals surface area contributed by atoms with Gasteiger partial charge in [-0.2, -0.15) is 0 Å². The lowest BCUT2D eigenvalue weighted by Crippen LogP contribution is -2.41. The molecule has 0 aromatic carbocycles. The van der Waals surface area contributed by atoms with Crippen molar-refractivity contribution in [2.24, 2.45) is 4.99 Å². The molecule has 1 saturated heterocycles. The van der Waals surface area contributed by atoms with Crippen LogP contribution in [-0.2, 0) is 24.2 Å². The predicted molar refractivity (Wildman–Crippen MR) is 105 cm³/mol. The van der Waals surface area contributed by atoms with Crippen LogP contribution in [0.25, 0.3) is 0 Å². The van der Waals surface area contributed by atoms with E-state index in [1.807, 2.05) is 0 Å². The van der Waals surface area contributed by atoms with Gasteiger partial charge in [-0.3, -0.25) is 0 Å². The van der Waals surface area contributed by atoms with Gasteiger partial charge in [0.05, 0.1) is 6.10 Å². The number of guanidine groups is 1. The number of aliphatic imine (C=N–C) groups is 1. The van der Waals surface area contributed by atoms with Gasteiger partial charge in [0.1, 0.15) is 12.4 Å². The van der Waals surface area contributed by atoms with Gasteiger partial charge < -0.3 is 19.9 Å². The molecule has 24 heavy (non-hydrogen) atoms. The van der Waals surface area contributed by atoms with Gasteiger partial charge in [0.2, 0.25) is 0 Å². The Balaban J connectivity index is 0.00000208.